The van der Waals surface area contributed by atoms with Gasteiger partial charge in [-0.15, -0.1) is 0 Å². The van der Waals surface area contributed by atoms with Crippen LogP contribution in [0.15, 0.2) is 12.2 Å². The summed E-state index contributed by atoms with van der Waals surface area (Å²) >= 11 is 0. The fourth-order valence-electron chi connectivity index (χ4n) is 2.18. The number of amides is 1. The number of ether oxygens (including phenoxy) is 1. The maximum atomic E-state index is 12.1. The molecule has 84 valence electrons. The number of rotatable bonds is 1. The molecule has 4 nitrogen and oxygen atoms in total. The standard InChI is InChI=1S/C11H18N2O2/c1-8-7-15-5-4-13(8)11(14)9-2-3-10(12)6-9/h2-3,8-10H,4-7,12H2,1H3. The van der Waals surface area contributed by atoms with Crippen molar-refractivity contribution in [3.05, 3.63) is 12.2 Å². The first-order valence-electron chi connectivity index (χ1n) is 5.50. The van der Waals surface area contributed by atoms with Crippen LogP contribution >= 0.6 is 0 Å². The summed E-state index contributed by atoms with van der Waals surface area (Å²) in [4.78, 5) is 14.0. The normalized spacial score (nSPS) is 35.9. The topological polar surface area (TPSA) is 55.6 Å². The quantitative estimate of drug-likeness (QED) is 0.626. The minimum atomic E-state index is -0.0134. The van der Waals surface area contributed by atoms with Gasteiger partial charge in [0.1, 0.15) is 0 Å². The molecule has 0 aromatic rings. The van der Waals surface area contributed by atoms with Crippen molar-refractivity contribution in [2.75, 3.05) is 19.8 Å². The highest BCUT2D eigenvalue weighted by atomic mass is 16.5. The van der Waals surface area contributed by atoms with Crippen LogP contribution < -0.4 is 5.73 Å². The summed E-state index contributed by atoms with van der Waals surface area (Å²) in [6.45, 7) is 4.03. The van der Waals surface area contributed by atoms with Gasteiger partial charge in [0.15, 0.2) is 0 Å². The van der Waals surface area contributed by atoms with Crippen molar-refractivity contribution < 1.29 is 9.53 Å². The van der Waals surface area contributed by atoms with Gasteiger partial charge in [-0.25, -0.2) is 0 Å². The second-order valence-corrected chi connectivity index (χ2v) is 4.35. The van der Waals surface area contributed by atoms with Crippen LogP contribution in [0.3, 0.4) is 0 Å². The van der Waals surface area contributed by atoms with Crippen molar-refractivity contribution in [3.8, 4) is 0 Å². The Balaban J connectivity index is 1.98. The van der Waals surface area contributed by atoms with Crippen LogP contribution in [0, 0.1) is 5.92 Å². The van der Waals surface area contributed by atoms with Crippen LogP contribution in [0.2, 0.25) is 0 Å². The second-order valence-electron chi connectivity index (χ2n) is 4.35. The SMILES string of the molecule is CC1COCCN1C(=O)C1C=CC(N)C1. The number of nitrogens with zero attached hydrogens (tertiary/aromatic N) is 1. The fraction of sp³-hybridized carbons (Fsp3) is 0.727. The Hall–Kier alpha value is -0.870. The van der Waals surface area contributed by atoms with Crippen molar-refractivity contribution in [2.45, 2.75) is 25.4 Å². The smallest absolute Gasteiger partial charge is 0.229 e. The molecule has 15 heavy (non-hydrogen) atoms. The van der Waals surface area contributed by atoms with Gasteiger partial charge in [-0.3, -0.25) is 4.79 Å². The minimum absolute atomic E-state index is 0.0134. The largest absolute Gasteiger partial charge is 0.377 e. The van der Waals surface area contributed by atoms with E-state index in [9.17, 15) is 4.79 Å². The second kappa shape index (κ2) is 4.33. The fourth-order valence-corrected chi connectivity index (χ4v) is 2.18. The van der Waals surface area contributed by atoms with Crippen molar-refractivity contribution in [3.63, 3.8) is 0 Å². The molecule has 1 aliphatic carbocycles. The molecule has 0 bridgehead atoms. The molecule has 1 aliphatic heterocycles. The summed E-state index contributed by atoms with van der Waals surface area (Å²) in [5, 5.41) is 0. The zero-order chi connectivity index (χ0) is 10.8. The summed E-state index contributed by atoms with van der Waals surface area (Å²) < 4.78 is 5.31. The summed E-state index contributed by atoms with van der Waals surface area (Å²) in [5.41, 5.74) is 5.74. The summed E-state index contributed by atoms with van der Waals surface area (Å²) in [7, 11) is 0. The number of morpholine rings is 1. The first kappa shape index (κ1) is 10.6. The molecule has 3 atom stereocenters. The van der Waals surface area contributed by atoms with Gasteiger partial charge >= 0.3 is 0 Å². The third-order valence-corrected chi connectivity index (χ3v) is 3.08. The van der Waals surface area contributed by atoms with Gasteiger partial charge in [0.05, 0.1) is 25.2 Å². The molecular weight excluding hydrogens is 192 g/mol. The van der Waals surface area contributed by atoms with Crippen molar-refractivity contribution in [1.29, 1.82) is 0 Å². The first-order valence-corrected chi connectivity index (χ1v) is 5.50. The average molecular weight is 210 g/mol. The Kier molecular flexibility index (Phi) is 3.07. The molecule has 2 N–H and O–H groups in total. The third-order valence-electron chi connectivity index (χ3n) is 3.08. The average Bonchev–Trinajstić information content (AvgIpc) is 2.65. The molecular formula is C11H18N2O2. The van der Waals surface area contributed by atoms with Gasteiger partial charge < -0.3 is 15.4 Å². The highest BCUT2D eigenvalue weighted by Gasteiger charge is 2.31. The van der Waals surface area contributed by atoms with E-state index in [4.69, 9.17) is 10.5 Å². The summed E-state index contributed by atoms with van der Waals surface area (Å²) in [5.74, 6) is 0.190. The molecule has 0 aromatic heterocycles. The van der Waals surface area contributed by atoms with Gasteiger partial charge in [0, 0.05) is 12.6 Å². The molecule has 1 heterocycles. The molecule has 2 aliphatic rings. The van der Waals surface area contributed by atoms with Crippen LogP contribution in [0.4, 0.5) is 0 Å². The van der Waals surface area contributed by atoms with Crippen LogP contribution in [-0.2, 0) is 9.53 Å². The summed E-state index contributed by atoms with van der Waals surface area (Å²) in [6.07, 6.45) is 4.62. The molecule has 0 saturated carbocycles. The molecule has 0 aromatic carbocycles. The number of nitrogens with two attached hydrogens (primary N) is 1. The Morgan fingerprint density at radius 2 is 2.33 bits per heavy atom. The van der Waals surface area contributed by atoms with E-state index in [-0.39, 0.29) is 23.9 Å². The maximum absolute atomic E-state index is 12.1. The number of hydrogen-bond acceptors (Lipinski definition) is 3. The molecule has 2 rings (SSSR count). The minimum Gasteiger partial charge on any atom is -0.377 e. The molecule has 4 heteroatoms. The lowest BCUT2D eigenvalue weighted by Gasteiger charge is -2.34. The molecule has 0 radical (unpaired) electrons. The maximum Gasteiger partial charge on any atom is 0.229 e. The van der Waals surface area contributed by atoms with E-state index in [1.165, 1.54) is 0 Å². The van der Waals surface area contributed by atoms with E-state index in [2.05, 4.69) is 0 Å². The van der Waals surface area contributed by atoms with Crippen LogP contribution in [-0.4, -0.2) is 42.6 Å². The van der Waals surface area contributed by atoms with E-state index in [0.717, 1.165) is 6.42 Å². The van der Waals surface area contributed by atoms with E-state index >= 15 is 0 Å². The predicted molar refractivity (Wildman–Crippen MR) is 57.2 cm³/mol. The van der Waals surface area contributed by atoms with Crippen molar-refractivity contribution in [2.24, 2.45) is 11.7 Å². The first-order chi connectivity index (χ1) is 7.18. The molecule has 1 fully saturated rings. The number of carbonyl (C=O) groups is 1. The van der Waals surface area contributed by atoms with Gasteiger partial charge in [-0.05, 0) is 13.3 Å². The Bertz CT molecular complexity index is 278. The Morgan fingerprint density at radius 3 is 2.93 bits per heavy atom. The molecule has 1 saturated heterocycles. The summed E-state index contributed by atoms with van der Waals surface area (Å²) in [6, 6.07) is 0.242. The van der Waals surface area contributed by atoms with Gasteiger partial charge in [0.2, 0.25) is 5.91 Å². The van der Waals surface area contributed by atoms with E-state index in [0.29, 0.717) is 19.8 Å². The van der Waals surface area contributed by atoms with Crippen LogP contribution in [0.1, 0.15) is 13.3 Å². The Labute approximate surface area is 90.1 Å². The van der Waals surface area contributed by atoms with E-state index in [1.54, 1.807) is 0 Å². The predicted octanol–water partition coefficient (Wildman–Crippen LogP) is 0.137. The monoisotopic (exact) mass is 210 g/mol. The highest BCUT2D eigenvalue weighted by Crippen LogP contribution is 2.21. The molecule has 0 spiro atoms. The van der Waals surface area contributed by atoms with Gasteiger partial charge in [-0.2, -0.15) is 0 Å². The third kappa shape index (κ3) is 2.21. The zero-order valence-electron chi connectivity index (χ0n) is 9.06. The van der Waals surface area contributed by atoms with Crippen LogP contribution in [0.5, 0.6) is 0 Å². The highest BCUT2D eigenvalue weighted by molar-refractivity contribution is 5.81. The lowest BCUT2D eigenvalue weighted by Crippen LogP contribution is -2.49. The molecule has 1 amide bonds. The van der Waals surface area contributed by atoms with Crippen LogP contribution in [0.25, 0.3) is 0 Å². The number of hydrogen-bond donors (Lipinski definition) is 1. The lowest BCUT2D eigenvalue weighted by atomic mass is 10.0. The van der Waals surface area contributed by atoms with Gasteiger partial charge in [0.25, 0.3) is 0 Å². The van der Waals surface area contributed by atoms with Crippen molar-refractivity contribution in [1.82, 2.24) is 4.90 Å². The number of carbonyl (C=O) groups excluding carboxylic acids is 1. The zero-order valence-corrected chi connectivity index (χ0v) is 9.06. The Morgan fingerprint density at radius 1 is 1.53 bits per heavy atom. The van der Waals surface area contributed by atoms with E-state index in [1.807, 2.05) is 24.0 Å². The van der Waals surface area contributed by atoms with Gasteiger partial charge in [-0.1, -0.05) is 12.2 Å². The molecule has 3 unspecified atom stereocenters. The lowest BCUT2D eigenvalue weighted by molar-refractivity contribution is -0.142. The van der Waals surface area contributed by atoms with Crippen molar-refractivity contribution >= 4 is 5.91 Å². The van der Waals surface area contributed by atoms with E-state index < -0.39 is 0 Å².